The molecule has 1 aromatic heterocycles. The summed E-state index contributed by atoms with van der Waals surface area (Å²) >= 11 is 0. The van der Waals surface area contributed by atoms with Gasteiger partial charge in [-0.2, -0.15) is 4.98 Å². The molecule has 2 atom stereocenters. The Morgan fingerprint density at radius 2 is 2.14 bits per heavy atom. The third-order valence-corrected chi connectivity index (χ3v) is 2.72. The summed E-state index contributed by atoms with van der Waals surface area (Å²) in [6.45, 7) is 8.09. The Morgan fingerprint density at radius 3 is 2.64 bits per heavy atom. The average Bonchev–Trinajstić information content (AvgIpc) is 2.66. The summed E-state index contributed by atoms with van der Waals surface area (Å²) in [4.78, 5) is 4.32. The molecule has 0 spiro atoms. The summed E-state index contributed by atoms with van der Waals surface area (Å²) in [5, 5.41) is 3.92. The van der Waals surface area contributed by atoms with Gasteiger partial charge in [0.15, 0.2) is 5.82 Å². The summed E-state index contributed by atoms with van der Waals surface area (Å²) in [5.41, 5.74) is 5.53. The van der Waals surface area contributed by atoms with Crippen LogP contribution in [0, 0.1) is 0 Å². The van der Waals surface area contributed by atoms with Gasteiger partial charge in [-0.15, -0.1) is 0 Å². The minimum Gasteiger partial charge on any atom is -0.339 e. The molecule has 4 heteroatoms. The molecular weight excluding hydrogens is 178 g/mol. The van der Waals surface area contributed by atoms with E-state index in [1.54, 1.807) is 0 Å². The maximum atomic E-state index is 6.01. The zero-order valence-corrected chi connectivity index (χ0v) is 9.37. The van der Waals surface area contributed by atoms with Gasteiger partial charge in [0.2, 0.25) is 5.89 Å². The van der Waals surface area contributed by atoms with Crippen LogP contribution < -0.4 is 5.73 Å². The van der Waals surface area contributed by atoms with E-state index in [0.717, 1.165) is 12.8 Å². The van der Waals surface area contributed by atoms with Crippen LogP contribution in [0.15, 0.2) is 4.52 Å². The van der Waals surface area contributed by atoms with Crippen molar-refractivity contribution in [3.05, 3.63) is 11.7 Å². The molecule has 0 amide bonds. The van der Waals surface area contributed by atoms with Crippen molar-refractivity contribution in [2.45, 2.75) is 52.0 Å². The zero-order valence-electron chi connectivity index (χ0n) is 9.37. The van der Waals surface area contributed by atoms with Crippen molar-refractivity contribution < 1.29 is 4.52 Å². The molecule has 0 radical (unpaired) electrons. The highest BCUT2D eigenvalue weighted by molar-refractivity contribution is 5.02. The van der Waals surface area contributed by atoms with Crippen molar-refractivity contribution in [1.29, 1.82) is 0 Å². The fourth-order valence-corrected chi connectivity index (χ4v) is 1.00. The predicted octanol–water partition coefficient (Wildman–Crippen LogP) is 2.17. The van der Waals surface area contributed by atoms with E-state index in [1.165, 1.54) is 0 Å². The van der Waals surface area contributed by atoms with Crippen molar-refractivity contribution >= 4 is 0 Å². The van der Waals surface area contributed by atoms with Crippen molar-refractivity contribution in [3.63, 3.8) is 0 Å². The van der Waals surface area contributed by atoms with E-state index in [4.69, 9.17) is 10.3 Å². The molecule has 0 aliphatic rings. The predicted molar refractivity (Wildman–Crippen MR) is 54.8 cm³/mol. The van der Waals surface area contributed by atoms with E-state index in [0.29, 0.717) is 17.6 Å². The molecule has 0 bridgehead atoms. The quantitative estimate of drug-likeness (QED) is 0.803. The second-order valence-electron chi connectivity index (χ2n) is 4.04. The lowest BCUT2D eigenvalue weighted by Gasteiger charge is -2.16. The number of nitrogens with two attached hydrogens (primary N) is 1. The first-order valence-corrected chi connectivity index (χ1v) is 5.14. The summed E-state index contributed by atoms with van der Waals surface area (Å²) < 4.78 is 5.16. The van der Waals surface area contributed by atoms with E-state index >= 15 is 0 Å². The second-order valence-corrected chi connectivity index (χ2v) is 4.04. The third-order valence-electron chi connectivity index (χ3n) is 2.72. The molecular formula is C10H19N3O. The van der Waals surface area contributed by atoms with Gasteiger partial charge >= 0.3 is 0 Å². The van der Waals surface area contributed by atoms with Crippen LogP contribution in [-0.2, 0) is 5.54 Å². The summed E-state index contributed by atoms with van der Waals surface area (Å²) in [5.74, 6) is 1.60. The lowest BCUT2D eigenvalue weighted by Crippen LogP contribution is -2.33. The Labute approximate surface area is 84.9 Å². The van der Waals surface area contributed by atoms with E-state index < -0.39 is 5.54 Å². The maximum Gasteiger partial charge on any atom is 0.229 e. The molecule has 0 saturated carbocycles. The first kappa shape index (κ1) is 11.2. The van der Waals surface area contributed by atoms with Crippen LogP contribution in [0.1, 0.15) is 58.2 Å². The smallest absolute Gasteiger partial charge is 0.229 e. The lowest BCUT2D eigenvalue weighted by molar-refractivity contribution is 0.338. The Balaban J connectivity index is 2.88. The minimum absolute atomic E-state index is 0.309. The molecule has 4 nitrogen and oxygen atoms in total. The molecule has 1 heterocycles. The van der Waals surface area contributed by atoms with Crippen LogP contribution in [0.4, 0.5) is 0 Å². The van der Waals surface area contributed by atoms with Gasteiger partial charge < -0.3 is 10.3 Å². The molecule has 0 aliphatic heterocycles. The Bertz CT molecular complexity index is 293. The van der Waals surface area contributed by atoms with Crippen LogP contribution in [0.25, 0.3) is 0 Å². The highest BCUT2D eigenvalue weighted by Gasteiger charge is 2.26. The molecule has 0 aromatic carbocycles. The maximum absolute atomic E-state index is 6.01. The van der Waals surface area contributed by atoms with Crippen molar-refractivity contribution in [2.75, 3.05) is 0 Å². The summed E-state index contributed by atoms with van der Waals surface area (Å²) in [7, 11) is 0. The number of aromatic nitrogens is 2. The molecule has 14 heavy (non-hydrogen) atoms. The van der Waals surface area contributed by atoms with Gasteiger partial charge in [-0.25, -0.2) is 0 Å². The number of hydrogen-bond donors (Lipinski definition) is 1. The minimum atomic E-state index is -0.477. The fourth-order valence-electron chi connectivity index (χ4n) is 1.00. The van der Waals surface area contributed by atoms with Gasteiger partial charge in [0, 0.05) is 5.92 Å². The van der Waals surface area contributed by atoms with Crippen molar-refractivity contribution in [3.8, 4) is 0 Å². The lowest BCUT2D eigenvalue weighted by atomic mass is 10.00. The largest absolute Gasteiger partial charge is 0.339 e. The van der Waals surface area contributed by atoms with Gasteiger partial charge in [0.05, 0.1) is 5.54 Å². The van der Waals surface area contributed by atoms with E-state index in [2.05, 4.69) is 24.0 Å². The highest BCUT2D eigenvalue weighted by Crippen LogP contribution is 2.22. The van der Waals surface area contributed by atoms with E-state index in [-0.39, 0.29) is 0 Å². The molecule has 2 N–H and O–H groups in total. The van der Waals surface area contributed by atoms with E-state index in [9.17, 15) is 0 Å². The van der Waals surface area contributed by atoms with Crippen LogP contribution in [0.2, 0.25) is 0 Å². The third kappa shape index (κ3) is 2.12. The molecule has 0 aliphatic carbocycles. The summed E-state index contributed by atoms with van der Waals surface area (Å²) in [6.07, 6.45) is 1.79. The molecule has 80 valence electrons. The first-order valence-electron chi connectivity index (χ1n) is 5.14. The monoisotopic (exact) mass is 197 g/mol. The first-order chi connectivity index (χ1) is 6.51. The zero-order chi connectivity index (χ0) is 10.8. The van der Waals surface area contributed by atoms with Crippen molar-refractivity contribution in [2.24, 2.45) is 5.73 Å². The Kier molecular flexibility index (Phi) is 3.26. The van der Waals surface area contributed by atoms with Crippen LogP contribution in [0.5, 0.6) is 0 Å². The topological polar surface area (TPSA) is 64.9 Å². The van der Waals surface area contributed by atoms with Gasteiger partial charge in [-0.1, -0.05) is 25.9 Å². The molecule has 2 unspecified atom stereocenters. The van der Waals surface area contributed by atoms with Gasteiger partial charge in [0.1, 0.15) is 0 Å². The second kappa shape index (κ2) is 4.09. The molecule has 1 rings (SSSR count). The highest BCUT2D eigenvalue weighted by atomic mass is 16.5. The fraction of sp³-hybridized carbons (Fsp3) is 0.800. The Hall–Kier alpha value is -0.900. The van der Waals surface area contributed by atoms with Gasteiger partial charge in [-0.05, 0) is 19.8 Å². The average molecular weight is 197 g/mol. The van der Waals surface area contributed by atoms with Gasteiger partial charge in [0.25, 0.3) is 0 Å². The van der Waals surface area contributed by atoms with Crippen molar-refractivity contribution in [1.82, 2.24) is 10.1 Å². The van der Waals surface area contributed by atoms with Crippen LogP contribution in [0.3, 0.4) is 0 Å². The molecule has 1 aromatic rings. The van der Waals surface area contributed by atoms with Crippen LogP contribution in [-0.4, -0.2) is 10.1 Å². The SMILES string of the molecule is CCC(C)c1nc(C(C)(N)CC)no1. The van der Waals surface area contributed by atoms with Crippen LogP contribution >= 0.6 is 0 Å². The normalized spacial score (nSPS) is 17.8. The van der Waals surface area contributed by atoms with E-state index in [1.807, 2.05) is 13.8 Å². The number of nitrogens with zero attached hydrogens (tertiary/aromatic N) is 2. The van der Waals surface area contributed by atoms with Gasteiger partial charge in [-0.3, -0.25) is 0 Å². The standard InChI is InChI=1S/C10H19N3O/c1-5-7(3)8-12-9(13-14-8)10(4,11)6-2/h7H,5-6,11H2,1-4H3. The molecule has 0 saturated heterocycles. The number of rotatable bonds is 4. The number of hydrogen-bond acceptors (Lipinski definition) is 4. The Morgan fingerprint density at radius 1 is 1.50 bits per heavy atom. The molecule has 0 fully saturated rings. The summed E-state index contributed by atoms with van der Waals surface area (Å²) in [6, 6.07) is 0.